The number of fused-ring (bicyclic) bond motifs is 6. The molecule has 13 rings (SSSR count). The molecule has 0 aliphatic heterocycles. The first kappa shape index (κ1) is 31.5. The minimum atomic E-state index is 0.904. The van der Waals surface area contributed by atoms with E-state index < -0.39 is 0 Å². The van der Waals surface area contributed by atoms with E-state index in [-0.39, 0.29) is 0 Å². The monoisotopic (exact) mass is 735 g/mol. The lowest BCUT2D eigenvalue weighted by Gasteiger charge is -2.28. The molecular weight excluding hydrogens is 703 g/mol. The highest BCUT2D eigenvalue weighted by atomic mass is 16.3. The zero-order valence-corrected chi connectivity index (χ0v) is 31.4. The smallest absolute Gasteiger partial charge is 0.136 e. The summed E-state index contributed by atoms with van der Waals surface area (Å²) in [6.07, 6.45) is 0. The normalized spacial score (nSPS) is 12.1. The van der Waals surface area contributed by atoms with Gasteiger partial charge < -0.3 is 9.32 Å². The largest absolute Gasteiger partial charge is 0.456 e. The lowest BCUT2D eigenvalue weighted by molar-refractivity contribution is 0.669. The van der Waals surface area contributed by atoms with E-state index >= 15 is 0 Å². The maximum atomic E-state index is 6.29. The Hall–Kier alpha value is -7.68. The fourth-order valence-electron chi connectivity index (χ4n) is 10.0. The molecule has 0 radical (unpaired) electrons. The summed E-state index contributed by atoms with van der Waals surface area (Å²) < 4.78 is 6.29. The molecule has 2 heteroatoms. The number of hydrogen-bond acceptors (Lipinski definition) is 2. The molecule has 0 bridgehead atoms. The minimum Gasteiger partial charge on any atom is -0.456 e. The average molecular weight is 736 g/mol. The van der Waals surface area contributed by atoms with Gasteiger partial charge in [-0.25, -0.2) is 0 Å². The van der Waals surface area contributed by atoms with Crippen LogP contribution in [0.25, 0.3) is 108 Å². The number of anilines is 3. The Balaban J connectivity index is 1.13. The number of para-hydroxylation sites is 1. The maximum absolute atomic E-state index is 6.29. The molecular formula is C56H33NO. The average Bonchev–Trinajstić information content (AvgIpc) is 3.67. The number of nitrogens with zero attached hydrogens (tertiary/aromatic N) is 1. The van der Waals surface area contributed by atoms with Crippen LogP contribution >= 0.6 is 0 Å². The lowest BCUT2D eigenvalue weighted by atomic mass is 9.87. The van der Waals surface area contributed by atoms with E-state index in [4.69, 9.17) is 4.42 Å². The number of benzene rings is 11. The van der Waals surface area contributed by atoms with E-state index in [1.807, 2.05) is 12.1 Å². The van der Waals surface area contributed by atoms with Crippen LogP contribution in [0.3, 0.4) is 0 Å². The van der Waals surface area contributed by atoms with E-state index in [1.165, 1.54) is 81.0 Å². The molecule has 1 aromatic heterocycles. The summed E-state index contributed by atoms with van der Waals surface area (Å²) in [6, 6.07) is 73.6. The van der Waals surface area contributed by atoms with Crippen molar-refractivity contribution in [3.63, 3.8) is 0 Å². The third-order valence-electron chi connectivity index (χ3n) is 12.5. The molecule has 1 heterocycles. The molecule has 2 nitrogen and oxygen atoms in total. The second kappa shape index (κ2) is 11.9. The van der Waals surface area contributed by atoms with Gasteiger partial charge in [0.15, 0.2) is 0 Å². The summed E-state index contributed by atoms with van der Waals surface area (Å²) in [7, 11) is 0. The molecule has 0 saturated heterocycles. The van der Waals surface area contributed by atoms with Crippen molar-refractivity contribution >= 4 is 114 Å². The first-order chi connectivity index (χ1) is 28.8. The molecule has 58 heavy (non-hydrogen) atoms. The number of furan rings is 1. The second-order valence-corrected chi connectivity index (χ2v) is 15.6. The van der Waals surface area contributed by atoms with Crippen LogP contribution in [0.1, 0.15) is 0 Å². The Kier molecular flexibility index (Phi) is 6.47. The zero-order valence-electron chi connectivity index (χ0n) is 31.4. The summed E-state index contributed by atoms with van der Waals surface area (Å²) >= 11 is 0. The molecule has 0 spiro atoms. The molecule has 268 valence electrons. The van der Waals surface area contributed by atoms with Gasteiger partial charge in [0.1, 0.15) is 11.2 Å². The van der Waals surface area contributed by atoms with Crippen molar-refractivity contribution in [1.29, 1.82) is 0 Å². The fraction of sp³-hybridized carbons (Fsp3) is 0. The highest BCUT2D eigenvalue weighted by molar-refractivity contribution is 6.37. The van der Waals surface area contributed by atoms with Crippen molar-refractivity contribution in [2.45, 2.75) is 0 Å². The van der Waals surface area contributed by atoms with Crippen molar-refractivity contribution < 1.29 is 4.42 Å². The molecule has 0 fully saturated rings. The summed E-state index contributed by atoms with van der Waals surface area (Å²) in [5, 5.41) is 20.0. The molecule has 0 aliphatic carbocycles. The van der Waals surface area contributed by atoms with Gasteiger partial charge in [0, 0.05) is 27.5 Å². The predicted molar refractivity (Wildman–Crippen MR) is 248 cm³/mol. The van der Waals surface area contributed by atoms with Crippen LogP contribution in [0.4, 0.5) is 17.1 Å². The summed E-state index contributed by atoms with van der Waals surface area (Å²) in [4.78, 5) is 2.46. The van der Waals surface area contributed by atoms with Crippen molar-refractivity contribution in [2.24, 2.45) is 0 Å². The third kappa shape index (κ3) is 4.43. The van der Waals surface area contributed by atoms with E-state index in [2.05, 4.69) is 193 Å². The van der Waals surface area contributed by atoms with Crippen LogP contribution in [0.15, 0.2) is 205 Å². The Morgan fingerprint density at radius 2 is 0.810 bits per heavy atom. The Morgan fingerprint density at radius 1 is 0.293 bits per heavy atom. The molecule has 0 aliphatic rings. The van der Waals surface area contributed by atoms with Crippen LogP contribution < -0.4 is 4.90 Å². The van der Waals surface area contributed by atoms with Gasteiger partial charge in [-0.2, -0.15) is 0 Å². The van der Waals surface area contributed by atoms with Gasteiger partial charge in [0.25, 0.3) is 0 Å². The molecule has 13 aromatic rings. The van der Waals surface area contributed by atoms with Gasteiger partial charge in [-0.3, -0.25) is 0 Å². The molecule has 0 amide bonds. The van der Waals surface area contributed by atoms with Gasteiger partial charge in [0.05, 0.1) is 5.69 Å². The lowest BCUT2D eigenvalue weighted by Crippen LogP contribution is -2.10. The number of rotatable bonds is 4. The molecule has 0 N–H and O–H groups in total. The van der Waals surface area contributed by atoms with Crippen LogP contribution in [-0.4, -0.2) is 0 Å². The predicted octanol–water partition coefficient (Wildman–Crippen LogP) is 16.2. The van der Waals surface area contributed by atoms with Crippen LogP contribution in [-0.2, 0) is 0 Å². The zero-order chi connectivity index (χ0) is 37.9. The molecule has 0 atom stereocenters. The van der Waals surface area contributed by atoms with Crippen LogP contribution in [0.5, 0.6) is 0 Å². The topological polar surface area (TPSA) is 16.4 Å². The Morgan fingerprint density at radius 3 is 1.53 bits per heavy atom. The van der Waals surface area contributed by atoms with Crippen molar-refractivity contribution in [2.75, 3.05) is 4.90 Å². The first-order valence-corrected chi connectivity index (χ1v) is 20.0. The van der Waals surface area contributed by atoms with E-state index in [0.29, 0.717) is 0 Å². The number of hydrogen-bond donors (Lipinski definition) is 0. The Labute approximate surface area is 333 Å². The van der Waals surface area contributed by atoms with E-state index in [9.17, 15) is 0 Å². The van der Waals surface area contributed by atoms with Crippen molar-refractivity contribution in [3.8, 4) is 11.1 Å². The van der Waals surface area contributed by atoms with E-state index in [0.717, 1.165) is 44.6 Å². The highest BCUT2D eigenvalue weighted by Gasteiger charge is 2.21. The first-order valence-electron chi connectivity index (χ1n) is 20.0. The Bertz CT molecular complexity index is 3790. The van der Waals surface area contributed by atoms with Gasteiger partial charge in [-0.15, -0.1) is 0 Å². The summed E-state index contributed by atoms with van der Waals surface area (Å²) in [5.41, 5.74) is 7.47. The molecule has 0 unspecified atom stereocenters. The van der Waals surface area contributed by atoms with Crippen molar-refractivity contribution in [1.82, 2.24) is 0 Å². The second-order valence-electron chi connectivity index (χ2n) is 15.6. The minimum absolute atomic E-state index is 0.904. The maximum Gasteiger partial charge on any atom is 0.136 e. The standard InChI is InChI=1S/C56H33NO/c1-2-15-42-34(10-1)11-8-21-49(42)57(40-30-28-35(29-31-40)43-17-9-23-51-56(43)47-16-3-4-22-50(47)58-51)41-32-39-27-26-38-13-6-19-45-44-18-5-12-36-24-25-37-14-7-20-46(54(37)52(36)44)48(33-41)55(39)53(38)45/h1-33H. The summed E-state index contributed by atoms with van der Waals surface area (Å²) in [5.74, 6) is 0. The van der Waals surface area contributed by atoms with Crippen LogP contribution in [0, 0.1) is 0 Å². The van der Waals surface area contributed by atoms with Gasteiger partial charge >= 0.3 is 0 Å². The van der Waals surface area contributed by atoms with Crippen LogP contribution in [0.2, 0.25) is 0 Å². The van der Waals surface area contributed by atoms with Crippen molar-refractivity contribution in [3.05, 3.63) is 200 Å². The molecule has 12 aromatic carbocycles. The molecule has 0 saturated carbocycles. The van der Waals surface area contributed by atoms with Gasteiger partial charge in [0.2, 0.25) is 0 Å². The SMILES string of the molecule is c1ccc2c(N(c3ccc(-c4cccc5oc6ccccc6c45)cc3)c3cc4ccc5cccc6c7cccc8ccc9cccc(c(c3)c4c56)c9c87)cccc2c1. The fourth-order valence-corrected chi connectivity index (χ4v) is 10.0. The highest BCUT2D eigenvalue weighted by Crippen LogP contribution is 2.47. The van der Waals surface area contributed by atoms with Gasteiger partial charge in [-0.1, -0.05) is 158 Å². The van der Waals surface area contributed by atoms with E-state index in [1.54, 1.807) is 0 Å². The van der Waals surface area contributed by atoms with Gasteiger partial charge in [-0.05, 0) is 124 Å². The third-order valence-corrected chi connectivity index (χ3v) is 12.5. The summed E-state index contributed by atoms with van der Waals surface area (Å²) in [6.45, 7) is 0. The quantitative estimate of drug-likeness (QED) is 0.167.